The summed E-state index contributed by atoms with van der Waals surface area (Å²) in [4.78, 5) is 11.5. The highest BCUT2D eigenvalue weighted by molar-refractivity contribution is 5.82. The number of carbonyl (C=O) groups is 1. The zero-order valence-corrected chi connectivity index (χ0v) is 14.8. The number of carbonyl (C=O) groups excluding carboxylic acids is 1. The number of allylic oxidation sites excluding steroid dienone is 1. The van der Waals surface area contributed by atoms with Crippen LogP contribution in [0, 0.1) is 5.41 Å². The maximum Gasteiger partial charge on any atom is 0.330 e. The van der Waals surface area contributed by atoms with Crippen molar-refractivity contribution in [3.8, 4) is 11.5 Å². The molecule has 1 fully saturated rings. The van der Waals surface area contributed by atoms with Crippen molar-refractivity contribution in [1.82, 2.24) is 0 Å². The zero-order valence-electron chi connectivity index (χ0n) is 14.8. The van der Waals surface area contributed by atoms with E-state index in [0.717, 1.165) is 24.3 Å². The molecule has 0 aliphatic heterocycles. The number of para-hydroxylation sites is 1. The van der Waals surface area contributed by atoms with Gasteiger partial charge in [-0.05, 0) is 60.9 Å². The van der Waals surface area contributed by atoms with Crippen molar-refractivity contribution >= 4 is 5.97 Å². The molecule has 3 nitrogen and oxygen atoms in total. The van der Waals surface area contributed by atoms with Crippen molar-refractivity contribution in [2.24, 2.45) is 5.41 Å². The number of esters is 1. The van der Waals surface area contributed by atoms with Gasteiger partial charge in [-0.1, -0.05) is 43.3 Å². The molecule has 1 aliphatic carbocycles. The average Bonchev–Trinajstić information content (AvgIpc) is 2.59. The third-order valence-corrected chi connectivity index (χ3v) is 4.64. The minimum atomic E-state index is -0.259. The lowest BCUT2D eigenvalue weighted by atomic mass is 9.61. The summed E-state index contributed by atoms with van der Waals surface area (Å²) in [6, 6.07) is 18.1. The van der Waals surface area contributed by atoms with Crippen molar-refractivity contribution in [1.29, 1.82) is 0 Å². The Kier molecular flexibility index (Phi) is 5.22. The van der Waals surface area contributed by atoms with Crippen LogP contribution in [0.3, 0.4) is 0 Å². The molecule has 0 bridgehead atoms. The minimum absolute atomic E-state index is 0.0632. The highest BCUT2D eigenvalue weighted by Crippen LogP contribution is 2.52. The number of benzene rings is 2. The van der Waals surface area contributed by atoms with Gasteiger partial charge in [0.2, 0.25) is 0 Å². The van der Waals surface area contributed by atoms with Crippen molar-refractivity contribution in [2.75, 3.05) is 6.61 Å². The number of ether oxygens (including phenoxy) is 2. The smallest absolute Gasteiger partial charge is 0.330 e. The molecule has 3 heteroatoms. The van der Waals surface area contributed by atoms with Crippen molar-refractivity contribution in [3.63, 3.8) is 0 Å². The molecule has 2 aromatic rings. The summed E-state index contributed by atoms with van der Waals surface area (Å²) in [5, 5.41) is 0. The monoisotopic (exact) mass is 336 g/mol. The summed E-state index contributed by atoms with van der Waals surface area (Å²) in [7, 11) is 0. The van der Waals surface area contributed by atoms with Gasteiger partial charge in [0, 0.05) is 6.08 Å². The van der Waals surface area contributed by atoms with E-state index in [-0.39, 0.29) is 11.4 Å². The van der Waals surface area contributed by atoms with Gasteiger partial charge in [-0.25, -0.2) is 4.79 Å². The molecule has 1 saturated carbocycles. The highest BCUT2D eigenvalue weighted by Gasteiger charge is 2.39. The molecular formula is C22H24O3. The van der Waals surface area contributed by atoms with Crippen LogP contribution in [-0.4, -0.2) is 12.6 Å². The van der Waals surface area contributed by atoms with E-state index in [1.165, 1.54) is 5.56 Å². The number of hydrogen-bond acceptors (Lipinski definition) is 3. The number of rotatable bonds is 6. The molecule has 0 atom stereocenters. The van der Waals surface area contributed by atoms with E-state index in [2.05, 4.69) is 19.1 Å². The molecule has 25 heavy (non-hydrogen) atoms. The quantitative estimate of drug-likeness (QED) is 0.517. The van der Waals surface area contributed by atoms with E-state index in [0.29, 0.717) is 12.5 Å². The van der Waals surface area contributed by atoms with Crippen molar-refractivity contribution in [3.05, 3.63) is 72.3 Å². The normalized spacial score (nSPS) is 22.4. The predicted octanol–water partition coefficient (Wildman–Crippen LogP) is 5.48. The maximum absolute atomic E-state index is 11.5. The molecule has 0 heterocycles. The third-order valence-electron chi connectivity index (χ3n) is 4.64. The van der Waals surface area contributed by atoms with E-state index in [1.54, 1.807) is 6.08 Å². The Bertz CT molecular complexity index is 743. The Labute approximate surface area is 149 Å². The Hall–Kier alpha value is -2.55. The van der Waals surface area contributed by atoms with Gasteiger partial charge < -0.3 is 9.47 Å². The summed E-state index contributed by atoms with van der Waals surface area (Å²) in [5.74, 6) is 1.94. The van der Waals surface area contributed by atoms with E-state index in [1.807, 2.05) is 55.5 Å². The Morgan fingerprint density at radius 1 is 1.12 bits per heavy atom. The first-order valence-corrected chi connectivity index (χ1v) is 8.77. The molecule has 3 rings (SSSR count). The fourth-order valence-electron chi connectivity index (χ4n) is 3.35. The second kappa shape index (κ2) is 7.56. The van der Waals surface area contributed by atoms with E-state index >= 15 is 0 Å². The first-order valence-electron chi connectivity index (χ1n) is 8.77. The van der Waals surface area contributed by atoms with Crippen LogP contribution in [0.25, 0.3) is 0 Å². The summed E-state index contributed by atoms with van der Waals surface area (Å²) < 4.78 is 10.9. The van der Waals surface area contributed by atoms with Gasteiger partial charge in [0.05, 0.1) is 6.61 Å². The van der Waals surface area contributed by atoms with Gasteiger partial charge in [0.1, 0.15) is 11.5 Å². The molecule has 0 radical (unpaired) electrons. The largest absolute Gasteiger partial charge is 0.463 e. The second-order valence-corrected chi connectivity index (χ2v) is 6.83. The average molecular weight is 336 g/mol. The summed E-state index contributed by atoms with van der Waals surface area (Å²) in [5.41, 5.74) is 1.35. The lowest BCUT2D eigenvalue weighted by molar-refractivity contribution is -0.137. The maximum atomic E-state index is 11.5. The Morgan fingerprint density at radius 2 is 1.84 bits per heavy atom. The van der Waals surface area contributed by atoms with Gasteiger partial charge in [-0.2, -0.15) is 0 Å². The van der Waals surface area contributed by atoms with Gasteiger partial charge in [-0.15, -0.1) is 0 Å². The standard InChI is InChI=1S/C22H24O3/c1-3-24-21(23)12-13-22(2)15-18(16-22)17-8-7-11-20(14-17)25-19-9-5-4-6-10-19/h4-14,18H,3,15-16H2,1-2H3/b13-12+/t18-,22+. The fourth-order valence-corrected chi connectivity index (χ4v) is 3.35. The minimum Gasteiger partial charge on any atom is -0.463 e. The molecule has 1 aliphatic rings. The third kappa shape index (κ3) is 4.50. The van der Waals surface area contributed by atoms with Crippen LogP contribution in [0.15, 0.2) is 66.7 Å². The zero-order chi connectivity index (χ0) is 17.7. The molecule has 2 aromatic carbocycles. The van der Waals surface area contributed by atoms with E-state index < -0.39 is 0 Å². The van der Waals surface area contributed by atoms with Crippen LogP contribution in [0.1, 0.15) is 38.2 Å². The first kappa shape index (κ1) is 17.3. The topological polar surface area (TPSA) is 35.5 Å². The van der Waals surface area contributed by atoms with Crippen molar-refractivity contribution in [2.45, 2.75) is 32.6 Å². The van der Waals surface area contributed by atoms with Crippen LogP contribution in [-0.2, 0) is 9.53 Å². The van der Waals surface area contributed by atoms with Gasteiger partial charge in [-0.3, -0.25) is 0 Å². The highest BCUT2D eigenvalue weighted by atomic mass is 16.5. The molecule has 130 valence electrons. The Balaban J connectivity index is 1.61. The summed E-state index contributed by atoms with van der Waals surface area (Å²) in [6.45, 7) is 4.41. The fraction of sp³-hybridized carbons (Fsp3) is 0.318. The van der Waals surface area contributed by atoms with Gasteiger partial charge in [0.25, 0.3) is 0 Å². The molecule has 0 saturated heterocycles. The molecule has 0 N–H and O–H groups in total. The van der Waals surface area contributed by atoms with Gasteiger partial charge in [0.15, 0.2) is 0 Å². The molecule has 0 aromatic heterocycles. The van der Waals surface area contributed by atoms with Crippen LogP contribution in [0.5, 0.6) is 11.5 Å². The number of hydrogen-bond donors (Lipinski definition) is 0. The van der Waals surface area contributed by atoms with E-state index in [9.17, 15) is 4.79 Å². The molecule has 0 spiro atoms. The predicted molar refractivity (Wildman–Crippen MR) is 98.8 cm³/mol. The first-order chi connectivity index (χ1) is 12.1. The summed E-state index contributed by atoms with van der Waals surface area (Å²) >= 11 is 0. The van der Waals surface area contributed by atoms with Gasteiger partial charge >= 0.3 is 5.97 Å². The van der Waals surface area contributed by atoms with Crippen LogP contribution < -0.4 is 4.74 Å². The van der Waals surface area contributed by atoms with Crippen LogP contribution in [0.4, 0.5) is 0 Å². The van der Waals surface area contributed by atoms with Crippen molar-refractivity contribution < 1.29 is 14.3 Å². The van der Waals surface area contributed by atoms with Crippen LogP contribution in [0.2, 0.25) is 0 Å². The Morgan fingerprint density at radius 3 is 2.56 bits per heavy atom. The SMILES string of the molecule is CCOC(=O)/C=C/[C@]1(C)C[C@H](c2cccc(Oc3ccccc3)c2)C1. The van der Waals surface area contributed by atoms with Crippen LogP contribution >= 0.6 is 0 Å². The summed E-state index contributed by atoms with van der Waals surface area (Å²) in [6.07, 6.45) is 5.61. The second-order valence-electron chi connectivity index (χ2n) is 6.83. The molecular weight excluding hydrogens is 312 g/mol. The lowest BCUT2D eigenvalue weighted by Gasteiger charge is -2.43. The molecule has 0 amide bonds. The van der Waals surface area contributed by atoms with E-state index in [4.69, 9.17) is 9.47 Å². The lowest BCUT2D eigenvalue weighted by Crippen LogP contribution is -2.31. The molecule has 0 unspecified atom stereocenters.